The van der Waals surface area contributed by atoms with Crippen molar-refractivity contribution in [3.8, 4) is 0 Å². The van der Waals surface area contributed by atoms with Crippen molar-refractivity contribution in [3.63, 3.8) is 0 Å². The zero-order chi connectivity index (χ0) is 7.57. The molecule has 1 atom stereocenters. The van der Waals surface area contributed by atoms with E-state index in [2.05, 4.69) is 5.32 Å². The van der Waals surface area contributed by atoms with Gasteiger partial charge in [0.2, 0.25) is 0 Å². The summed E-state index contributed by atoms with van der Waals surface area (Å²) in [5.41, 5.74) is 0.524. The SMILES string of the molecule is C1CCC2(CCOC2)CNC1. The minimum absolute atomic E-state index is 0.524. The average Bonchev–Trinajstić information content (AvgIpc) is 2.32. The molecule has 2 heteroatoms. The summed E-state index contributed by atoms with van der Waals surface area (Å²) in [6, 6.07) is 0. The second kappa shape index (κ2) is 3.11. The van der Waals surface area contributed by atoms with Crippen LogP contribution in [-0.4, -0.2) is 26.3 Å². The molecule has 2 fully saturated rings. The molecule has 2 aliphatic rings. The Morgan fingerprint density at radius 2 is 2.18 bits per heavy atom. The van der Waals surface area contributed by atoms with E-state index >= 15 is 0 Å². The highest BCUT2D eigenvalue weighted by Gasteiger charge is 2.34. The third-order valence-corrected chi connectivity index (χ3v) is 3.00. The molecule has 2 heterocycles. The first-order valence-electron chi connectivity index (χ1n) is 4.70. The fourth-order valence-electron chi connectivity index (χ4n) is 2.18. The van der Waals surface area contributed by atoms with Gasteiger partial charge in [-0.15, -0.1) is 0 Å². The van der Waals surface area contributed by atoms with E-state index in [-0.39, 0.29) is 0 Å². The lowest BCUT2D eigenvalue weighted by molar-refractivity contribution is 0.147. The molecule has 2 nitrogen and oxygen atoms in total. The Morgan fingerprint density at radius 3 is 3.00 bits per heavy atom. The minimum Gasteiger partial charge on any atom is -0.381 e. The molecule has 0 amide bonds. The van der Waals surface area contributed by atoms with E-state index in [1.807, 2.05) is 0 Å². The second-order valence-corrected chi connectivity index (χ2v) is 3.94. The van der Waals surface area contributed by atoms with Crippen LogP contribution in [-0.2, 0) is 4.74 Å². The maximum Gasteiger partial charge on any atom is 0.0535 e. The van der Waals surface area contributed by atoms with Crippen LogP contribution in [0.3, 0.4) is 0 Å². The molecular formula is C9H17NO. The Bertz CT molecular complexity index is 120. The normalized spacial score (nSPS) is 39.3. The molecule has 0 radical (unpaired) electrons. The van der Waals surface area contributed by atoms with Gasteiger partial charge in [-0.05, 0) is 25.8 Å². The highest BCUT2D eigenvalue weighted by atomic mass is 16.5. The Balaban J connectivity index is 1.97. The average molecular weight is 155 g/mol. The third kappa shape index (κ3) is 1.57. The van der Waals surface area contributed by atoms with Gasteiger partial charge < -0.3 is 10.1 Å². The van der Waals surface area contributed by atoms with E-state index in [4.69, 9.17) is 4.74 Å². The van der Waals surface area contributed by atoms with Gasteiger partial charge in [-0.2, -0.15) is 0 Å². The topological polar surface area (TPSA) is 21.3 Å². The summed E-state index contributed by atoms with van der Waals surface area (Å²) in [5.74, 6) is 0. The monoisotopic (exact) mass is 155 g/mol. The van der Waals surface area contributed by atoms with Gasteiger partial charge in [-0.25, -0.2) is 0 Å². The van der Waals surface area contributed by atoms with Crippen molar-refractivity contribution in [2.24, 2.45) is 5.41 Å². The lowest BCUT2D eigenvalue weighted by Gasteiger charge is -2.24. The molecule has 0 bridgehead atoms. The van der Waals surface area contributed by atoms with Crippen LogP contribution in [0.4, 0.5) is 0 Å². The molecule has 0 aliphatic carbocycles. The fourth-order valence-corrected chi connectivity index (χ4v) is 2.18. The molecule has 64 valence electrons. The van der Waals surface area contributed by atoms with Crippen molar-refractivity contribution >= 4 is 0 Å². The van der Waals surface area contributed by atoms with Crippen LogP contribution < -0.4 is 5.32 Å². The van der Waals surface area contributed by atoms with Crippen molar-refractivity contribution in [1.82, 2.24) is 5.32 Å². The predicted octanol–water partition coefficient (Wildman–Crippen LogP) is 1.17. The summed E-state index contributed by atoms with van der Waals surface area (Å²) in [5, 5.41) is 3.50. The molecule has 0 aromatic heterocycles. The molecule has 1 unspecified atom stereocenters. The van der Waals surface area contributed by atoms with E-state index in [0.717, 1.165) is 13.2 Å². The molecule has 1 N–H and O–H groups in total. The van der Waals surface area contributed by atoms with E-state index in [1.54, 1.807) is 0 Å². The summed E-state index contributed by atoms with van der Waals surface area (Å²) in [4.78, 5) is 0. The Hall–Kier alpha value is -0.0800. The quantitative estimate of drug-likeness (QED) is 0.567. The van der Waals surface area contributed by atoms with Gasteiger partial charge in [0.25, 0.3) is 0 Å². The van der Waals surface area contributed by atoms with Crippen LogP contribution >= 0.6 is 0 Å². The van der Waals surface area contributed by atoms with Gasteiger partial charge >= 0.3 is 0 Å². The zero-order valence-corrected chi connectivity index (χ0v) is 7.07. The zero-order valence-electron chi connectivity index (χ0n) is 7.07. The largest absolute Gasteiger partial charge is 0.381 e. The van der Waals surface area contributed by atoms with Gasteiger partial charge in [0.1, 0.15) is 0 Å². The molecule has 0 aromatic rings. The molecular weight excluding hydrogens is 138 g/mol. The molecule has 2 rings (SSSR count). The van der Waals surface area contributed by atoms with Crippen LogP contribution in [0.25, 0.3) is 0 Å². The van der Waals surface area contributed by atoms with Gasteiger partial charge in [0.05, 0.1) is 6.61 Å². The van der Waals surface area contributed by atoms with Crippen molar-refractivity contribution in [3.05, 3.63) is 0 Å². The predicted molar refractivity (Wildman–Crippen MR) is 44.6 cm³/mol. The summed E-state index contributed by atoms with van der Waals surface area (Å²) < 4.78 is 5.45. The summed E-state index contributed by atoms with van der Waals surface area (Å²) in [6.45, 7) is 4.39. The number of hydrogen-bond donors (Lipinski definition) is 1. The summed E-state index contributed by atoms with van der Waals surface area (Å²) >= 11 is 0. The lowest BCUT2D eigenvalue weighted by Crippen LogP contribution is -2.32. The van der Waals surface area contributed by atoms with Crippen LogP contribution in [0, 0.1) is 5.41 Å². The van der Waals surface area contributed by atoms with Crippen molar-refractivity contribution in [2.75, 3.05) is 26.3 Å². The molecule has 2 saturated heterocycles. The Labute approximate surface area is 68.3 Å². The highest BCUT2D eigenvalue weighted by molar-refractivity contribution is 4.86. The van der Waals surface area contributed by atoms with Crippen LogP contribution in [0.15, 0.2) is 0 Å². The van der Waals surface area contributed by atoms with E-state index < -0.39 is 0 Å². The molecule has 1 spiro atoms. The summed E-state index contributed by atoms with van der Waals surface area (Å²) in [7, 11) is 0. The van der Waals surface area contributed by atoms with Crippen LogP contribution in [0.5, 0.6) is 0 Å². The summed E-state index contributed by atoms with van der Waals surface area (Å²) in [6.07, 6.45) is 5.39. The third-order valence-electron chi connectivity index (χ3n) is 3.00. The van der Waals surface area contributed by atoms with Gasteiger partial charge in [-0.1, -0.05) is 6.42 Å². The molecule has 11 heavy (non-hydrogen) atoms. The number of rotatable bonds is 0. The highest BCUT2D eigenvalue weighted by Crippen LogP contribution is 2.34. The number of ether oxygens (including phenoxy) is 1. The van der Waals surface area contributed by atoms with E-state index in [1.165, 1.54) is 38.8 Å². The van der Waals surface area contributed by atoms with Gasteiger partial charge in [-0.3, -0.25) is 0 Å². The first-order valence-corrected chi connectivity index (χ1v) is 4.70. The molecule has 0 saturated carbocycles. The van der Waals surface area contributed by atoms with Gasteiger partial charge in [0, 0.05) is 18.6 Å². The van der Waals surface area contributed by atoms with E-state index in [9.17, 15) is 0 Å². The standard InChI is InChI=1S/C9H17NO/c1-2-5-10-7-9(3-1)4-6-11-8-9/h10H,1-8H2. The smallest absolute Gasteiger partial charge is 0.0535 e. The van der Waals surface area contributed by atoms with Crippen LogP contribution in [0.1, 0.15) is 25.7 Å². The first-order chi connectivity index (χ1) is 5.41. The fraction of sp³-hybridized carbons (Fsp3) is 1.00. The van der Waals surface area contributed by atoms with Crippen LogP contribution in [0.2, 0.25) is 0 Å². The van der Waals surface area contributed by atoms with E-state index in [0.29, 0.717) is 5.41 Å². The molecule has 2 aliphatic heterocycles. The Morgan fingerprint density at radius 1 is 1.18 bits per heavy atom. The van der Waals surface area contributed by atoms with Crippen molar-refractivity contribution in [2.45, 2.75) is 25.7 Å². The Kier molecular flexibility index (Phi) is 2.14. The number of hydrogen-bond acceptors (Lipinski definition) is 2. The lowest BCUT2D eigenvalue weighted by atomic mass is 9.83. The molecule has 0 aromatic carbocycles. The maximum absolute atomic E-state index is 5.45. The number of nitrogens with one attached hydrogen (secondary N) is 1. The first kappa shape index (κ1) is 7.56. The second-order valence-electron chi connectivity index (χ2n) is 3.94. The minimum atomic E-state index is 0.524. The van der Waals surface area contributed by atoms with Gasteiger partial charge in [0.15, 0.2) is 0 Å². The van der Waals surface area contributed by atoms with Crippen molar-refractivity contribution in [1.29, 1.82) is 0 Å². The van der Waals surface area contributed by atoms with Crippen molar-refractivity contribution < 1.29 is 4.74 Å². The maximum atomic E-state index is 5.45.